The molecule has 5 heteroatoms. The molecule has 1 aromatic heterocycles. The van der Waals surface area contributed by atoms with E-state index in [2.05, 4.69) is 20.9 Å². The Bertz CT molecular complexity index is 606. The maximum atomic E-state index is 12.1. The summed E-state index contributed by atoms with van der Waals surface area (Å²) in [5, 5.41) is 9.36. The number of hydrogen-bond donors (Lipinski definition) is 3. The van der Waals surface area contributed by atoms with Crippen LogP contribution in [-0.4, -0.2) is 23.5 Å². The van der Waals surface area contributed by atoms with E-state index in [1.807, 2.05) is 42.5 Å². The van der Waals surface area contributed by atoms with Crippen molar-refractivity contribution in [1.29, 1.82) is 0 Å². The summed E-state index contributed by atoms with van der Waals surface area (Å²) in [4.78, 5) is 16.5. The van der Waals surface area contributed by atoms with Crippen LogP contribution in [0.4, 0.5) is 17.2 Å². The van der Waals surface area contributed by atoms with Crippen molar-refractivity contribution in [1.82, 2.24) is 10.3 Å². The molecule has 114 valence electrons. The lowest BCUT2D eigenvalue weighted by Crippen LogP contribution is -2.43. The Labute approximate surface area is 130 Å². The van der Waals surface area contributed by atoms with E-state index >= 15 is 0 Å². The fourth-order valence-corrected chi connectivity index (χ4v) is 2.52. The van der Waals surface area contributed by atoms with Crippen molar-refractivity contribution in [2.24, 2.45) is 0 Å². The molecule has 1 atom stereocenters. The van der Waals surface area contributed by atoms with E-state index in [1.165, 1.54) is 0 Å². The van der Waals surface area contributed by atoms with Gasteiger partial charge in [0, 0.05) is 5.69 Å². The number of amides is 1. The predicted octanol–water partition coefficient (Wildman–Crippen LogP) is 2.91. The zero-order chi connectivity index (χ0) is 15.2. The zero-order valence-corrected chi connectivity index (χ0v) is 12.4. The molecule has 3 N–H and O–H groups in total. The van der Waals surface area contributed by atoms with Crippen LogP contribution in [0.3, 0.4) is 0 Å². The predicted molar refractivity (Wildman–Crippen MR) is 88.2 cm³/mol. The summed E-state index contributed by atoms with van der Waals surface area (Å²) >= 11 is 0. The van der Waals surface area contributed by atoms with Gasteiger partial charge in [0.2, 0.25) is 5.91 Å². The molecular weight excluding hydrogens is 276 g/mol. The van der Waals surface area contributed by atoms with E-state index in [-0.39, 0.29) is 11.9 Å². The van der Waals surface area contributed by atoms with Crippen LogP contribution in [0.5, 0.6) is 0 Å². The SMILES string of the molecule is O=C(Nc1ccc(Nc2ccccc2)nc1)[C@H]1CCCCN1. The maximum absolute atomic E-state index is 12.1. The molecule has 1 saturated heterocycles. The van der Waals surface area contributed by atoms with Gasteiger partial charge in [0.25, 0.3) is 0 Å². The van der Waals surface area contributed by atoms with Gasteiger partial charge in [0.1, 0.15) is 5.82 Å². The van der Waals surface area contributed by atoms with Crippen molar-refractivity contribution in [3.63, 3.8) is 0 Å². The van der Waals surface area contributed by atoms with Crippen LogP contribution < -0.4 is 16.0 Å². The normalized spacial score (nSPS) is 17.7. The molecule has 0 spiro atoms. The number of aromatic nitrogens is 1. The second-order valence-electron chi connectivity index (χ2n) is 5.41. The van der Waals surface area contributed by atoms with Gasteiger partial charge >= 0.3 is 0 Å². The Morgan fingerprint density at radius 1 is 1.09 bits per heavy atom. The van der Waals surface area contributed by atoms with E-state index in [9.17, 15) is 4.79 Å². The molecule has 0 radical (unpaired) electrons. The van der Waals surface area contributed by atoms with Crippen molar-refractivity contribution in [3.05, 3.63) is 48.7 Å². The first kappa shape index (κ1) is 14.5. The van der Waals surface area contributed by atoms with E-state index in [4.69, 9.17) is 0 Å². The summed E-state index contributed by atoms with van der Waals surface area (Å²) in [6.45, 7) is 0.913. The Morgan fingerprint density at radius 3 is 2.64 bits per heavy atom. The molecular formula is C17H20N4O. The highest BCUT2D eigenvalue weighted by Crippen LogP contribution is 2.16. The molecule has 5 nitrogen and oxygen atoms in total. The molecule has 1 aliphatic rings. The standard InChI is InChI=1S/C17H20N4O/c22-17(15-8-4-5-11-18-15)21-14-9-10-16(19-12-14)20-13-6-2-1-3-7-13/h1-3,6-7,9-10,12,15,18H,4-5,8,11H2,(H,19,20)(H,21,22)/t15-/m1/s1. The smallest absolute Gasteiger partial charge is 0.241 e. The van der Waals surface area contributed by atoms with E-state index < -0.39 is 0 Å². The van der Waals surface area contributed by atoms with Crippen molar-refractivity contribution < 1.29 is 4.79 Å². The van der Waals surface area contributed by atoms with Gasteiger partial charge in [-0.2, -0.15) is 0 Å². The van der Waals surface area contributed by atoms with Gasteiger partial charge in [-0.1, -0.05) is 24.6 Å². The fraction of sp³-hybridized carbons (Fsp3) is 0.294. The van der Waals surface area contributed by atoms with Gasteiger partial charge in [-0.15, -0.1) is 0 Å². The van der Waals surface area contributed by atoms with Crippen molar-refractivity contribution in [2.75, 3.05) is 17.2 Å². The second kappa shape index (κ2) is 7.04. The second-order valence-corrected chi connectivity index (χ2v) is 5.41. The average Bonchev–Trinajstić information content (AvgIpc) is 2.58. The number of nitrogens with zero attached hydrogens (tertiary/aromatic N) is 1. The molecule has 1 amide bonds. The van der Waals surface area contributed by atoms with Gasteiger partial charge in [-0.25, -0.2) is 4.98 Å². The lowest BCUT2D eigenvalue weighted by molar-refractivity contribution is -0.118. The molecule has 2 heterocycles. The molecule has 0 aliphatic carbocycles. The van der Waals surface area contributed by atoms with Crippen LogP contribution in [0.25, 0.3) is 0 Å². The Morgan fingerprint density at radius 2 is 1.95 bits per heavy atom. The number of benzene rings is 1. The van der Waals surface area contributed by atoms with Crippen molar-refractivity contribution >= 4 is 23.1 Å². The minimum Gasteiger partial charge on any atom is -0.340 e. The molecule has 1 aromatic carbocycles. The Balaban J connectivity index is 1.58. The van der Waals surface area contributed by atoms with Crippen LogP contribution in [0.1, 0.15) is 19.3 Å². The quantitative estimate of drug-likeness (QED) is 0.811. The van der Waals surface area contributed by atoms with Crippen LogP contribution in [-0.2, 0) is 4.79 Å². The van der Waals surface area contributed by atoms with Gasteiger partial charge in [-0.3, -0.25) is 4.79 Å². The molecule has 1 fully saturated rings. The minimum absolute atomic E-state index is 0.0188. The van der Waals surface area contributed by atoms with Gasteiger partial charge in [0.15, 0.2) is 0 Å². The molecule has 0 bridgehead atoms. The molecule has 1 aliphatic heterocycles. The number of hydrogen-bond acceptors (Lipinski definition) is 4. The van der Waals surface area contributed by atoms with Crippen LogP contribution in [0.15, 0.2) is 48.7 Å². The average molecular weight is 296 g/mol. The number of para-hydroxylation sites is 1. The Kier molecular flexibility index (Phi) is 4.65. The fourth-order valence-electron chi connectivity index (χ4n) is 2.52. The first-order chi connectivity index (χ1) is 10.8. The van der Waals surface area contributed by atoms with Crippen molar-refractivity contribution in [2.45, 2.75) is 25.3 Å². The van der Waals surface area contributed by atoms with E-state index in [1.54, 1.807) is 6.20 Å². The molecule has 2 aromatic rings. The summed E-state index contributed by atoms with van der Waals surface area (Å²) in [5.41, 5.74) is 1.70. The van der Waals surface area contributed by atoms with Crippen LogP contribution in [0, 0.1) is 0 Å². The lowest BCUT2D eigenvalue weighted by Gasteiger charge is -2.22. The van der Waals surface area contributed by atoms with Gasteiger partial charge < -0.3 is 16.0 Å². The third-order valence-electron chi connectivity index (χ3n) is 3.70. The Hall–Kier alpha value is -2.40. The number of carbonyl (C=O) groups excluding carboxylic acids is 1. The monoisotopic (exact) mass is 296 g/mol. The van der Waals surface area contributed by atoms with Crippen LogP contribution >= 0.6 is 0 Å². The molecule has 3 rings (SSSR count). The summed E-state index contributed by atoms with van der Waals surface area (Å²) in [5.74, 6) is 0.769. The van der Waals surface area contributed by atoms with E-state index in [0.717, 1.165) is 43.0 Å². The highest BCUT2D eigenvalue weighted by Gasteiger charge is 2.20. The number of rotatable bonds is 4. The first-order valence-corrected chi connectivity index (χ1v) is 7.64. The largest absolute Gasteiger partial charge is 0.340 e. The van der Waals surface area contributed by atoms with Gasteiger partial charge in [0.05, 0.1) is 17.9 Å². The number of nitrogens with one attached hydrogen (secondary N) is 3. The summed E-state index contributed by atoms with van der Waals surface area (Å²) in [7, 11) is 0. The molecule has 22 heavy (non-hydrogen) atoms. The molecule has 0 unspecified atom stereocenters. The van der Waals surface area contributed by atoms with Gasteiger partial charge in [-0.05, 0) is 43.7 Å². The number of anilines is 3. The number of carbonyl (C=O) groups is 1. The number of piperidine rings is 1. The first-order valence-electron chi connectivity index (χ1n) is 7.64. The maximum Gasteiger partial charge on any atom is 0.241 e. The summed E-state index contributed by atoms with van der Waals surface area (Å²) in [6, 6.07) is 13.5. The summed E-state index contributed by atoms with van der Waals surface area (Å²) in [6.07, 6.45) is 4.81. The highest BCUT2D eigenvalue weighted by atomic mass is 16.2. The number of pyridine rings is 1. The third-order valence-corrected chi connectivity index (χ3v) is 3.70. The lowest BCUT2D eigenvalue weighted by atomic mass is 10.0. The third kappa shape index (κ3) is 3.83. The minimum atomic E-state index is -0.0872. The molecule has 0 saturated carbocycles. The summed E-state index contributed by atoms with van der Waals surface area (Å²) < 4.78 is 0. The van der Waals surface area contributed by atoms with Crippen molar-refractivity contribution in [3.8, 4) is 0 Å². The zero-order valence-electron chi connectivity index (χ0n) is 12.4. The van der Waals surface area contributed by atoms with Crippen LogP contribution in [0.2, 0.25) is 0 Å². The highest BCUT2D eigenvalue weighted by molar-refractivity contribution is 5.94. The topological polar surface area (TPSA) is 66.0 Å². The van der Waals surface area contributed by atoms with E-state index in [0.29, 0.717) is 0 Å².